The van der Waals surface area contributed by atoms with Gasteiger partial charge in [0, 0.05) is 41.9 Å². The van der Waals surface area contributed by atoms with Gasteiger partial charge in [-0.25, -0.2) is 0 Å². The van der Waals surface area contributed by atoms with Crippen LogP contribution in [-0.4, -0.2) is 51.2 Å². The van der Waals surface area contributed by atoms with E-state index < -0.39 is 0 Å². The Hall–Kier alpha value is -4.36. The van der Waals surface area contributed by atoms with Crippen molar-refractivity contribution in [2.75, 3.05) is 30.4 Å². The molecular weight excluding hydrogens is 476 g/mol. The first-order chi connectivity index (χ1) is 17.7. The van der Waals surface area contributed by atoms with Gasteiger partial charge in [0.2, 0.25) is 5.91 Å². The van der Waals surface area contributed by atoms with E-state index in [9.17, 15) is 4.79 Å². The summed E-state index contributed by atoms with van der Waals surface area (Å²) in [6, 6.07) is 21.0. The number of ether oxygens (including phenoxy) is 2. The van der Waals surface area contributed by atoms with E-state index in [2.05, 4.69) is 21.3 Å². The topological polar surface area (TPSA) is 106 Å². The van der Waals surface area contributed by atoms with E-state index in [-0.39, 0.29) is 24.6 Å². The monoisotopic (exact) mass is 498 g/mol. The number of hydrogen-bond donors (Lipinski definition) is 0. The second kappa shape index (κ2) is 10.9. The van der Waals surface area contributed by atoms with Crippen molar-refractivity contribution in [3.05, 3.63) is 73.1 Å². The van der Waals surface area contributed by atoms with Crippen LogP contribution in [0, 0.1) is 11.3 Å². The van der Waals surface area contributed by atoms with Crippen LogP contribution in [0.3, 0.4) is 0 Å². The number of nitrogens with zero attached hydrogens (tertiary/aromatic N) is 6. The fourth-order valence-electron chi connectivity index (χ4n) is 3.82. The molecule has 0 unspecified atom stereocenters. The molecular formula is C26H22N6O3S. The Morgan fingerprint density at radius 3 is 2.67 bits per heavy atom. The summed E-state index contributed by atoms with van der Waals surface area (Å²) in [6.45, 7) is 1.21. The number of aromatic nitrogens is 4. The Morgan fingerprint density at radius 1 is 1.06 bits per heavy atom. The molecule has 3 heterocycles. The summed E-state index contributed by atoms with van der Waals surface area (Å²) in [4.78, 5) is 19.2. The number of benzene rings is 2. The summed E-state index contributed by atoms with van der Waals surface area (Å²) >= 11 is 1.29. The molecule has 0 N–H and O–H groups in total. The summed E-state index contributed by atoms with van der Waals surface area (Å²) < 4.78 is 13.2. The fourth-order valence-corrected chi connectivity index (χ4v) is 4.65. The molecule has 1 aliphatic rings. The summed E-state index contributed by atoms with van der Waals surface area (Å²) in [5.74, 6) is 1.82. The number of anilines is 1. The van der Waals surface area contributed by atoms with E-state index in [0.717, 1.165) is 11.3 Å². The second-order valence-corrected chi connectivity index (χ2v) is 8.73. The quantitative estimate of drug-likeness (QED) is 0.334. The van der Waals surface area contributed by atoms with Crippen LogP contribution in [0.5, 0.6) is 11.5 Å². The Bertz CT molecular complexity index is 1390. The van der Waals surface area contributed by atoms with Gasteiger partial charge in [-0.3, -0.25) is 14.3 Å². The van der Waals surface area contributed by atoms with Crippen LogP contribution >= 0.6 is 11.8 Å². The molecule has 180 valence electrons. The molecule has 0 fully saturated rings. The van der Waals surface area contributed by atoms with Crippen LogP contribution in [0.15, 0.2) is 78.2 Å². The minimum absolute atomic E-state index is 0.109. The van der Waals surface area contributed by atoms with Crippen LogP contribution < -0.4 is 14.4 Å². The van der Waals surface area contributed by atoms with E-state index in [4.69, 9.17) is 14.7 Å². The van der Waals surface area contributed by atoms with Crippen molar-refractivity contribution < 1.29 is 14.3 Å². The van der Waals surface area contributed by atoms with Crippen LogP contribution in [0.1, 0.15) is 6.42 Å². The molecule has 2 aromatic heterocycles. The first-order valence-corrected chi connectivity index (χ1v) is 12.3. The number of rotatable bonds is 8. The zero-order valence-electron chi connectivity index (χ0n) is 19.3. The van der Waals surface area contributed by atoms with Gasteiger partial charge in [-0.2, -0.15) is 5.26 Å². The fraction of sp³-hybridized carbons (Fsp3) is 0.192. The van der Waals surface area contributed by atoms with Crippen molar-refractivity contribution in [2.45, 2.75) is 11.6 Å². The number of carbonyl (C=O) groups is 1. The van der Waals surface area contributed by atoms with Crippen molar-refractivity contribution in [1.29, 1.82) is 5.26 Å². The summed E-state index contributed by atoms with van der Waals surface area (Å²) in [6.07, 6.45) is 3.64. The summed E-state index contributed by atoms with van der Waals surface area (Å²) in [7, 11) is 0. The Morgan fingerprint density at radius 2 is 1.89 bits per heavy atom. The molecule has 10 heteroatoms. The normalized spacial score (nSPS) is 12.1. The summed E-state index contributed by atoms with van der Waals surface area (Å²) in [5, 5.41) is 18.5. The molecule has 1 aliphatic heterocycles. The van der Waals surface area contributed by atoms with Crippen LogP contribution in [0.4, 0.5) is 5.69 Å². The maximum Gasteiger partial charge on any atom is 0.237 e. The highest BCUT2D eigenvalue weighted by Gasteiger charge is 2.22. The largest absolute Gasteiger partial charge is 0.486 e. The number of amides is 1. The number of hydrogen-bond acceptors (Lipinski definition) is 8. The van der Waals surface area contributed by atoms with Gasteiger partial charge in [0.25, 0.3) is 0 Å². The average molecular weight is 499 g/mol. The molecule has 0 spiro atoms. The van der Waals surface area contributed by atoms with Crippen molar-refractivity contribution >= 4 is 23.4 Å². The van der Waals surface area contributed by atoms with Gasteiger partial charge < -0.3 is 14.4 Å². The SMILES string of the molecule is N#CCCN(C(=O)CSc1nnc(-c2cccnc2)n1-c1ccccc1)c1ccc2c(c1)OCCO2. The van der Waals surface area contributed by atoms with Crippen molar-refractivity contribution in [3.63, 3.8) is 0 Å². The molecule has 9 nitrogen and oxygen atoms in total. The van der Waals surface area contributed by atoms with Crippen LogP contribution in [0.2, 0.25) is 0 Å². The lowest BCUT2D eigenvalue weighted by molar-refractivity contribution is -0.116. The minimum atomic E-state index is -0.155. The highest BCUT2D eigenvalue weighted by Crippen LogP contribution is 2.35. The number of fused-ring (bicyclic) bond motifs is 1. The Kier molecular flexibility index (Phi) is 7.10. The molecule has 1 amide bonds. The molecule has 0 saturated heterocycles. The molecule has 36 heavy (non-hydrogen) atoms. The Labute approximate surface area is 212 Å². The standard InChI is InChI=1S/C26H22N6O3S/c27-11-5-13-31(21-9-10-22-23(16-21)35-15-14-34-22)24(33)18-36-26-30-29-25(19-6-4-12-28-17-19)32(26)20-7-2-1-3-8-20/h1-4,6-10,12,16-17H,5,13-15,18H2. The van der Waals surface area contributed by atoms with Gasteiger partial charge >= 0.3 is 0 Å². The number of thioether (sulfide) groups is 1. The first kappa shape index (κ1) is 23.4. The van der Waals surface area contributed by atoms with Gasteiger partial charge in [0.05, 0.1) is 18.2 Å². The van der Waals surface area contributed by atoms with Gasteiger partial charge in [-0.1, -0.05) is 30.0 Å². The maximum absolute atomic E-state index is 13.4. The van der Waals surface area contributed by atoms with Gasteiger partial charge in [-0.05, 0) is 36.4 Å². The molecule has 0 saturated carbocycles. The lowest BCUT2D eigenvalue weighted by Crippen LogP contribution is -2.33. The first-order valence-electron chi connectivity index (χ1n) is 11.4. The zero-order valence-corrected chi connectivity index (χ0v) is 20.1. The van der Waals surface area contributed by atoms with E-state index >= 15 is 0 Å². The molecule has 0 atom stereocenters. The average Bonchev–Trinajstić information content (AvgIpc) is 3.37. The third kappa shape index (κ3) is 5.01. The molecule has 0 aliphatic carbocycles. The summed E-state index contributed by atoms with van der Waals surface area (Å²) in [5.41, 5.74) is 2.35. The number of para-hydroxylation sites is 1. The van der Waals surface area contributed by atoms with Crippen molar-refractivity contribution in [3.8, 4) is 34.6 Å². The van der Waals surface area contributed by atoms with Gasteiger partial charge in [0.1, 0.15) is 13.2 Å². The molecule has 4 aromatic rings. The predicted molar refractivity (Wildman–Crippen MR) is 135 cm³/mol. The van der Waals surface area contributed by atoms with Crippen molar-refractivity contribution in [2.24, 2.45) is 0 Å². The van der Waals surface area contributed by atoms with E-state index in [1.54, 1.807) is 35.5 Å². The molecule has 0 radical (unpaired) electrons. The van der Waals surface area contributed by atoms with Gasteiger partial charge in [-0.15, -0.1) is 10.2 Å². The van der Waals surface area contributed by atoms with E-state index in [1.165, 1.54) is 11.8 Å². The van der Waals surface area contributed by atoms with E-state index in [0.29, 0.717) is 41.4 Å². The van der Waals surface area contributed by atoms with Crippen molar-refractivity contribution in [1.82, 2.24) is 19.7 Å². The molecule has 5 rings (SSSR count). The maximum atomic E-state index is 13.4. The lowest BCUT2D eigenvalue weighted by Gasteiger charge is -2.24. The predicted octanol–water partition coefficient (Wildman–Crippen LogP) is 4.14. The number of nitriles is 1. The lowest BCUT2D eigenvalue weighted by atomic mass is 10.2. The number of carbonyl (C=O) groups excluding carboxylic acids is 1. The molecule has 2 aromatic carbocycles. The van der Waals surface area contributed by atoms with Crippen LogP contribution in [0.25, 0.3) is 17.1 Å². The second-order valence-electron chi connectivity index (χ2n) is 7.79. The minimum Gasteiger partial charge on any atom is -0.486 e. The molecule has 0 bridgehead atoms. The zero-order chi connectivity index (χ0) is 24.7. The smallest absolute Gasteiger partial charge is 0.237 e. The Balaban J connectivity index is 1.41. The van der Waals surface area contributed by atoms with Crippen LogP contribution in [-0.2, 0) is 4.79 Å². The van der Waals surface area contributed by atoms with E-state index in [1.807, 2.05) is 47.0 Å². The third-order valence-corrected chi connectivity index (χ3v) is 6.39. The van der Waals surface area contributed by atoms with Gasteiger partial charge in [0.15, 0.2) is 22.5 Å². The third-order valence-electron chi connectivity index (χ3n) is 5.48. The highest BCUT2D eigenvalue weighted by molar-refractivity contribution is 7.99. The number of pyridine rings is 1. The highest BCUT2D eigenvalue weighted by atomic mass is 32.2.